The van der Waals surface area contributed by atoms with Gasteiger partial charge >= 0.3 is 0 Å². The minimum Gasteiger partial charge on any atom is -0.383 e. The van der Waals surface area contributed by atoms with Crippen molar-refractivity contribution in [2.24, 2.45) is 0 Å². The van der Waals surface area contributed by atoms with Crippen LogP contribution in [0.5, 0.6) is 0 Å². The molecule has 0 saturated carbocycles. The lowest BCUT2D eigenvalue weighted by Gasteiger charge is -2.14. The number of aromatic nitrogens is 6. The summed E-state index contributed by atoms with van der Waals surface area (Å²) in [5.74, 6) is 5.32. The second-order valence-electron chi connectivity index (χ2n) is 7.63. The minimum absolute atomic E-state index is 0.0141. The van der Waals surface area contributed by atoms with E-state index in [0.717, 1.165) is 5.56 Å². The Hall–Kier alpha value is -4.14. The number of aliphatic hydroxyl groups excluding tert-OH is 1. The largest absolute Gasteiger partial charge is 0.383 e. The summed E-state index contributed by atoms with van der Waals surface area (Å²) in [7, 11) is 0. The minimum atomic E-state index is -0.872. The molecule has 0 bridgehead atoms. The van der Waals surface area contributed by atoms with Crippen LogP contribution in [0.1, 0.15) is 24.0 Å². The van der Waals surface area contributed by atoms with Crippen molar-refractivity contribution < 1.29 is 9.50 Å². The number of thiophene rings is 1. The van der Waals surface area contributed by atoms with E-state index in [4.69, 9.17) is 5.73 Å². The molecule has 9 nitrogen and oxygen atoms in total. The lowest BCUT2D eigenvalue weighted by molar-refractivity contribution is 0.253. The Labute approximate surface area is 196 Å². The maximum absolute atomic E-state index is 14.8. The van der Waals surface area contributed by atoms with E-state index in [9.17, 15) is 14.3 Å². The van der Waals surface area contributed by atoms with Crippen LogP contribution in [0, 0.1) is 24.6 Å². The maximum Gasteiger partial charge on any atom is 0.267 e. The van der Waals surface area contributed by atoms with Crippen LogP contribution in [-0.2, 0) is 6.54 Å². The second-order valence-corrected chi connectivity index (χ2v) is 8.49. The zero-order chi connectivity index (χ0) is 24.0. The van der Waals surface area contributed by atoms with Crippen LogP contribution in [0.2, 0.25) is 0 Å². The Morgan fingerprint density at radius 1 is 1.26 bits per heavy atom. The number of nitrogen functional groups attached to an aromatic ring is 1. The highest BCUT2D eigenvalue weighted by molar-refractivity contribution is 7.16. The van der Waals surface area contributed by atoms with E-state index in [2.05, 4.69) is 31.9 Å². The van der Waals surface area contributed by atoms with Crippen LogP contribution in [-0.4, -0.2) is 40.5 Å². The molecule has 0 saturated heterocycles. The Balaban J connectivity index is 1.77. The van der Waals surface area contributed by atoms with E-state index < -0.39 is 11.9 Å². The van der Waals surface area contributed by atoms with Crippen molar-refractivity contribution in [3.8, 4) is 17.5 Å². The van der Waals surface area contributed by atoms with Crippen molar-refractivity contribution in [2.75, 3.05) is 5.73 Å². The van der Waals surface area contributed by atoms with Gasteiger partial charge in [0, 0.05) is 0 Å². The fourth-order valence-electron chi connectivity index (χ4n) is 3.69. The van der Waals surface area contributed by atoms with Gasteiger partial charge in [0.25, 0.3) is 5.56 Å². The highest BCUT2D eigenvalue weighted by atomic mass is 32.1. The van der Waals surface area contributed by atoms with Gasteiger partial charge in [-0.2, -0.15) is 5.10 Å². The average Bonchev–Trinajstić information content (AvgIpc) is 3.35. The second kappa shape index (κ2) is 8.33. The number of anilines is 1. The molecule has 0 aliphatic rings. The van der Waals surface area contributed by atoms with Gasteiger partial charge in [0.05, 0.1) is 16.5 Å². The molecule has 0 unspecified atom stereocenters. The summed E-state index contributed by atoms with van der Waals surface area (Å²) in [5.41, 5.74) is 7.20. The molecule has 0 radical (unpaired) electrons. The third-order valence-corrected chi connectivity index (χ3v) is 6.19. The van der Waals surface area contributed by atoms with Crippen molar-refractivity contribution in [2.45, 2.75) is 26.5 Å². The van der Waals surface area contributed by atoms with Crippen LogP contribution in [0.25, 0.3) is 26.9 Å². The molecule has 1 atom stereocenters. The summed E-state index contributed by atoms with van der Waals surface area (Å²) >= 11 is 1.34. The van der Waals surface area contributed by atoms with Gasteiger partial charge in [-0.1, -0.05) is 18.1 Å². The van der Waals surface area contributed by atoms with E-state index in [1.165, 1.54) is 46.0 Å². The molecule has 3 N–H and O–H groups in total. The average molecular weight is 476 g/mol. The van der Waals surface area contributed by atoms with Gasteiger partial charge in [-0.15, -0.1) is 11.3 Å². The SMILES string of the molecule is Cc1csc2nc(Cn3nc(C#C[C@@H](C)O)c4c(N)ncnc43)n(-c3ccccc3F)c(=O)c12. The third-order valence-electron chi connectivity index (χ3n) is 5.20. The molecule has 170 valence electrons. The first kappa shape index (κ1) is 21.7. The van der Waals surface area contributed by atoms with Crippen molar-refractivity contribution in [3.63, 3.8) is 0 Å². The van der Waals surface area contributed by atoms with Gasteiger partial charge in [-0.25, -0.2) is 24.0 Å². The highest BCUT2D eigenvalue weighted by Gasteiger charge is 2.21. The summed E-state index contributed by atoms with van der Waals surface area (Å²) in [6.45, 7) is 3.34. The molecule has 0 aliphatic carbocycles. The maximum atomic E-state index is 14.8. The standard InChI is InChI=1S/C23H18FN7O2S/c1-12-10-34-22-18(12)23(33)31(16-6-4-3-5-14(16)24)17(28-22)9-30-21-19(20(25)26-11-27-21)15(29-30)8-7-13(2)32/h3-6,10-11,13,32H,9H2,1-2H3,(H2,25,26,27)/t13-/m1/s1. The molecule has 34 heavy (non-hydrogen) atoms. The monoisotopic (exact) mass is 475 g/mol. The van der Waals surface area contributed by atoms with Crippen LogP contribution in [0.3, 0.4) is 0 Å². The van der Waals surface area contributed by atoms with E-state index in [-0.39, 0.29) is 35.1 Å². The summed E-state index contributed by atoms with van der Waals surface area (Å²) in [5, 5.41) is 16.8. The Bertz CT molecular complexity index is 1690. The molecule has 11 heteroatoms. The van der Waals surface area contributed by atoms with Crippen LogP contribution in [0.15, 0.2) is 40.8 Å². The number of aryl methyl sites for hydroxylation is 1. The normalized spacial score (nSPS) is 12.1. The molecule has 5 aromatic rings. The molecular weight excluding hydrogens is 457 g/mol. The Morgan fingerprint density at radius 2 is 2.06 bits per heavy atom. The number of aliphatic hydroxyl groups is 1. The number of hydrogen-bond acceptors (Lipinski definition) is 8. The molecule has 5 rings (SSSR count). The summed E-state index contributed by atoms with van der Waals surface area (Å²) in [6.07, 6.45) is 0.425. The number of nitrogens with two attached hydrogens (primary N) is 1. The fourth-order valence-corrected chi connectivity index (χ4v) is 4.62. The number of halogens is 1. The third kappa shape index (κ3) is 3.59. The molecule has 4 aromatic heterocycles. The van der Waals surface area contributed by atoms with Gasteiger partial charge in [0.2, 0.25) is 0 Å². The smallest absolute Gasteiger partial charge is 0.267 e. The molecule has 1 aromatic carbocycles. The summed E-state index contributed by atoms with van der Waals surface area (Å²) < 4.78 is 17.6. The quantitative estimate of drug-likeness (QED) is 0.384. The van der Waals surface area contributed by atoms with Crippen LogP contribution in [0.4, 0.5) is 10.2 Å². The molecule has 4 heterocycles. The number of rotatable bonds is 3. The number of hydrogen-bond donors (Lipinski definition) is 2. The van der Waals surface area contributed by atoms with Crippen molar-refractivity contribution in [1.82, 2.24) is 29.3 Å². The van der Waals surface area contributed by atoms with E-state index >= 15 is 0 Å². The van der Waals surface area contributed by atoms with Crippen LogP contribution >= 0.6 is 11.3 Å². The zero-order valence-corrected chi connectivity index (χ0v) is 19.0. The first-order chi connectivity index (χ1) is 16.3. The molecular formula is C23H18FN7O2S. The lowest BCUT2D eigenvalue weighted by Crippen LogP contribution is -2.26. The van der Waals surface area contributed by atoms with Gasteiger partial charge in [-0.05, 0) is 42.8 Å². The van der Waals surface area contributed by atoms with Crippen molar-refractivity contribution in [1.29, 1.82) is 0 Å². The van der Waals surface area contributed by atoms with Gasteiger partial charge in [0.1, 0.15) is 47.0 Å². The Morgan fingerprint density at radius 3 is 2.82 bits per heavy atom. The van der Waals surface area contributed by atoms with E-state index in [0.29, 0.717) is 21.3 Å². The summed E-state index contributed by atoms with van der Waals surface area (Å²) in [4.78, 5) is 27.0. The van der Waals surface area contributed by atoms with Gasteiger partial charge in [0.15, 0.2) is 5.65 Å². The first-order valence-corrected chi connectivity index (χ1v) is 11.1. The number of benzene rings is 1. The fraction of sp³-hybridized carbons (Fsp3) is 0.174. The topological polar surface area (TPSA) is 125 Å². The molecule has 0 aliphatic heterocycles. The molecule has 0 spiro atoms. The number of fused-ring (bicyclic) bond motifs is 2. The molecule has 0 amide bonds. The first-order valence-electron chi connectivity index (χ1n) is 10.3. The highest BCUT2D eigenvalue weighted by Crippen LogP contribution is 2.25. The lowest BCUT2D eigenvalue weighted by atomic mass is 10.2. The van der Waals surface area contributed by atoms with Crippen LogP contribution < -0.4 is 11.3 Å². The van der Waals surface area contributed by atoms with Crippen molar-refractivity contribution >= 4 is 38.4 Å². The van der Waals surface area contributed by atoms with Gasteiger partial charge < -0.3 is 10.8 Å². The Kier molecular flexibility index (Phi) is 5.31. The van der Waals surface area contributed by atoms with E-state index in [1.54, 1.807) is 12.1 Å². The van der Waals surface area contributed by atoms with Crippen molar-refractivity contribution in [3.05, 3.63) is 69.2 Å². The summed E-state index contributed by atoms with van der Waals surface area (Å²) in [6, 6.07) is 6.02. The number of para-hydroxylation sites is 1. The van der Waals surface area contributed by atoms with Gasteiger partial charge in [-0.3, -0.25) is 9.36 Å². The van der Waals surface area contributed by atoms with E-state index in [1.807, 2.05) is 12.3 Å². The molecule has 0 fully saturated rings. The predicted octanol–water partition coefficient (Wildman–Crippen LogP) is 2.40. The predicted molar refractivity (Wildman–Crippen MR) is 127 cm³/mol. The number of nitrogens with zero attached hydrogens (tertiary/aromatic N) is 6. The zero-order valence-electron chi connectivity index (χ0n) is 18.2.